The molecular weight excluding hydrogens is 221 g/mol. The van der Waals surface area contributed by atoms with Crippen molar-refractivity contribution < 1.29 is 51.4 Å². The van der Waals surface area contributed by atoms with Gasteiger partial charge in [0, 0.05) is 0 Å². The Hall–Kier alpha value is 1.60. The van der Waals surface area contributed by atoms with Gasteiger partial charge < -0.3 is 5.32 Å². The van der Waals surface area contributed by atoms with Crippen LogP contribution in [0.15, 0.2) is 0 Å². The third-order valence-corrected chi connectivity index (χ3v) is 3.19. The van der Waals surface area contributed by atoms with Gasteiger partial charge in [-0.3, -0.25) is 0 Å². The average molecular weight is 254 g/mol. The van der Waals surface area contributed by atoms with Crippen LogP contribution in [0.3, 0.4) is 0 Å². The topological polar surface area (TPSA) is 14.1 Å². The number of hydrogen-bond donors (Lipinski definition) is 0. The summed E-state index contributed by atoms with van der Waals surface area (Å²) in [7, 11) is 0. The molecule has 0 N–H and O–H groups in total. The van der Waals surface area contributed by atoms with Gasteiger partial charge in [-0.1, -0.05) is 60.8 Å². The van der Waals surface area contributed by atoms with Crippen molar-refractivity contribution in [3.8, 4) is 0 Å². The first-order valence-electron chi connectivity index (χ1n) is 6.96. The molecule has 16 heavy (non-hydrogen) atoms. The van der Waals surface area contributed by atoms with Crippen LogP contribution in [-0.4, -0.2) is 13.1 Å². The van der Waals surface area contributed by atoms with E-state index < -0.39 is 0 Å². The zero-order valence-electron chi connectivity index (χ0n) is 12.9. The second kappa shape index (κ2) is 16.6. The Bertz CT molecular complexity index is 106. The van der Waals surface area contributed by atoms with E-state index in [2.05, 4.69) is 19.2 Å². The molecule has 0 atom stereocenters. The molecule has 0 amide bonds. The first-order chi connectivity index (χ1) is 7.33. The molecule has 0 aliphatic heterocycles. The Morgan fingerprint density at radius 2 is 1.50 bits per heavy atom. The van der Waals surface area contributed by atoms with Gasteiger partial charge in [0.2, 0.25) is 0 Å². The van der Waals surface area contributed by atoms with Gasteiger partial charge >= 0.3 is 51.4 Å². The molecule has 1 aliphatic rings. The molecule has 0 bridgehead atoms. The fourth-order valence-electron chi connectivity index (χ4n) is 1.93. The Labute approximate surface area is 147 Å². The van der Waals surface area contributed by atoms with Crippen LogP contribution in [0.2, 0.25) is 0 Å². The monoisotopic (exact) mass is 253 g/mol. The summed E-state index contributed by atoms with van der Waals surface area (Å²) >= 11 is 0. The summed E-state index contributed by atoms with van der Waals surface area (Å²) in [5, 5.41) is 4.39. The Morgan fingerprint density at radius 1 is 1.00 bits per heavy atom. The maximum absolute atomic E-state index is 4.39. The molecular formula is C14H32KN. The van der Waals surface area contributed by atoms with Crippen LogP contribution in [0.1, 0.15) is 73.6 Å². The summed E-state index contributed by atoms with van der Waals surface area (Å²) in [6, 6.07) is 0. The predicted molar refractivity (Wildman–Crippen MR) is 72.7 cm³/mol. The van der Waals surface area contributed by atoms with Crippen LogP contribution in [0.5, 0.6) is 0 Å². The van der Waals surface area contributed by atoms with E-state index in [1.165, 1.54) is 32.1 Å². The van der Waals surface area contributed by atoms with E-state index in [1.807, 2.05) is 27.7 Å². The van der Waals surface area contributed by atoms with Gasteiger partial charge in [0.15, 0.2) is 0 Å². The predicted octanol–water partition coefficient (Wildman–Crippen LogP) is 2.41. The molecule has 0 aromatic rings. The van der Waals surface area contributed by atoms with Gasteiger partial charge in [0.25, 0.3) is 0 Å². The van der Waals surface area contributed by atoms with E-state index in [-0.39, 0.29) is 51.4 Å². The van der Waals surface area contributed by atoms with Crippen LogP contribution in [0.25, 0.3) is 5.32 Å². The van der Waals surface area contributed by atoms with Crippen molar-refractivity contribution in [1.29, 1.82) is 0 Å². The molecule has 0 radical (unpaired) electrons. The molecule has 0 unspecified atom stereocenters. The van der Waals surface area contributed by atoms with E-state index in [0.717, 1.165) is 18.5 Å². The van der Waals surface area contributed by atoms with Crippen LogP contribution in [0, 0.1) is 5.41 Å². The van der Waals surface area contributed by atoms with Crippen molar-refractivity contribution in [2.24, 2.45) is 5.41 Å². The summed E-state index contributed by atoms with van der Waals surface area (Å²) in [6.07, 6.45) is 7.09. The van der Waals surface area contributed by atoms with Crippen LogP contribution >= 0.6 is 0 Å². The number of nitrogens with zero attached hydrogens (tertiary/aromatic N) is 1. The fourth-order valence-corrected chi connectivity index (χ4v) is 1.93. The van der Waals surface area contributed by atoms with Gasteiger partial charge in [-0.15, -0.1) is 6.54 Å². The van der Waals surface area contributed by atoms with Crippen LogP contribution in [0.4, 0.5) is 0 Å². The van der Waals surface area contributed by atoms with E-state index in [9.17, 15) is 0 Å². The van der Waals surface area contributed by atoms with E-state index in [0.29, 0.717) is 0 Å². The van der Waals surface area contributed by atoms with Crippen molar-refractivity contribution in [2.75, 3.05) is 13.1 Å². The summed E-state index contributed by atoms with van der Waals surface area (Å²) in [5.41, 5.74) is 0.721. The summed E-state index contributed by atoms with van der Waals surface area (Å²) < 4.78 is 0. The number of hydrogen-bond acceptors (Lipinski definition) is 0. The van der Waals surface area contributed by atoms with Crippen LogP contribution in [-0.2, 0) is 0 Å². The van der Waals surface area contributed by atoms with Gasteiger partial charge in [-0.2, -0.15) is 6.54 Å². The third-order valence-electron chi connectivity index (χ3n) is 3.19. The Morgan fingerprint density at radius 3 is 1.75 bits per heavy atom. The first kappa shape index (κ1) is 22.7. The van der Waals surface area contributed by atoms with Gasteiger partial charge in [-0.05, 0) is 18.3 Å². The van der Waals surface area contributed by atoms with Crippen molar-refractivity contribution in [3.63, 3.8) is 0 Å². The number of rotatable bonds is 5. The van der Waals surface area contributed by atoms with E-state index in [1.54, 1.807) is 0 Å². The standard InChI is InChI=1S/C10H20N.2C2H6.K/c1-3-10(6-5-7-10)8-9-11-4-2;2*1-2;/h3-9H2,1-2H3;2*1-2H3;/q-1;;;+1. The normalized spacial score (nSPS) is 15.4. The molecule has 1 aliphatic carbocycles. The first-order valence-corrected chi connectivity index (χ1v) is 6.96. The van der Waals surface area contributed by atoms with Crippen LogP contribution < -0.4 is 51.4 Å². The minimum Gasteiger partial charge on any atom is -0.662 e. The molecule has 1 nitrogen and oxygen atoms in total. The third kappa shape index (κ3) is 9.61. The van der Waals surface area contributed by atoms with E-state index in [4.69, 9.17) is 0 Å². The van der Waals surface area contributed by atoms with Crippen molar-refractivity contribution in [3.05, 3.63) is 5.32 Å². The maximum atomic E-state index is 4.39. The molecule has 94 valence electrons. The van der Waals surface area contributed by atoms with Gasteiger partial charge in [0.05, 0.1) is 0 Å². The van der Waals surface area contributed by atoms with Gasteiger partial charge in [-0.25, -0.2) is 0 Å². The molecule has 0 saturated heterocycles. The quantitative estimate of drug-likeness (QED) is 0.528. The van der Waals surface area contributed by atoms with Crippen molar-refractivity contribution in [1.82, 2.24) is 0 Å². The van der Waals surface area contributed by atoms with Gasteiger partial charge in [0.1, 0.15) is 0 Å². The zero-order valence-corrected chi connectivity index (χ0v) is 16.0. The molecule has 0 aromatic carbocycles. The SMILES string of the molecule is CC.CC.CC[N-]CCC1(CC)CCC1.[K+]. The molecule has 1 rings (SSSR count). The Balaban J connectivity index is -0.000000305. The minimum absolute atomic E-state index is 0. The molecule has 0 heterocycles. The molecule has 1 fully saturated rings. The smallest absolute Gasteiger partial charge is 0.662 e. The minimum atomic E-state index is 0. The molecule has 2 heteroatoms. The average Bonchev–Trinajstić information content (AvgIpc) is 2.28. The summed E-state index contributed by atoms with van der Waals surface area (Å²) in [5.74, 6) is 0. The summed E-state index contributed by atoms with van der Waals surface area (Å²) in [4.78, 5) is 0. The zero-order chi connectivity index (χ0) is 12.2. The molecule has 0 aromatic heterocycles. The van der Waals surface area contributed by atoms with E-state index >= 15 is 0 Å². The maximum Gasteiger partial charge on any atom is 1.00 e. The second-order valence-electron chi connectivity index (χ2n) is 3.72. The molecule has 1 saturated carbocycles. The second-order valence-corrected chi connectivity index (χ2v) is 3.72. The molecule has 0 spiro atoms. The summed E-state index contributed by atoms with van der Waals surface area (Å²) in [6.45, 7) is 14.6. The largest absolute Gasteiger partial charge is 1.00 e. The fraction of sp³-hybridized carbons (Fsp3) is 1.00. The van der Waals surface area contributed by atoms with Crippen molar-refractivity contribution in [2.45, 2.75) is 73.6 Å². The Kier molecular flexibility index (Phi) is 23.6. The van der Waals surface area contributed by atoms with Crippen molar-refractivity contribution >= 4 is 0 Å².